The van der Waals surface area contributed by atoms with Gasteiger partial charge in [0.25, 0.3) is 0 Å². The van der Waals surface area contributed by atoms with E-state index < -0.39 is 0 Å². The van der Waals surface area contributed by atoms with Crippen molar-refractivity contribution in [2.24, 2.45) is 0 Å². The Hall–Kier alpha value is -2.89. The van der Waals surface area contributed by atoms with Crippen molar-refractivity contribution in [1.29, 1.82) is 0 Å². The number of methoxy groups -OCH3 is 1. The van der Waals surface area contributed by atoms with Gasteiger partial charge in [-0.2, -0.15) is 5.10 Å². The number of halogens is 1. The van der Waals surface area contributed by atoms with Crippen LogP contribution >= 0.6 is 0 Å². The van der Waals surface area contributed by atoms with E-state index in [9.17, 15) is 4.39 Å². The second kappa shape index (κ2) is 5.24. The molecule has 0 spiro atoms. The molecule has 0 bridgehead atoms. The van der Waals surface area contributed by atoms with Crippen LogP contribution in [0.1, 0.15) is 0 Å². The molecular weight excluding hydrogens is 271 g/mol. The molecule has 0 saturated heterocycles. The Morgan fingerprint density at radius 3 is 2.90 bits per heavy atom. The molecule has 3 rings (SSSR count). The number of nitrogens with one attached hydrogen (secondary N) is 1. The van der Waals surface area contributed by atoms with Crippen LogP contribution in [0, 0.1) is 5.82 Å². The topological polar surface area (TPSA) is 76.8 Å². The fourth-order valence-electron chi connectivity index (χ4n) is 2.24. The minimum atomic E-state index is -0.333. The van der Waals surface area contributed by atoms with Gasteiger partial charge < -0.3 is 10.5 Å². The van der Waals surface area contributed by atoms with E-state index in [0.717, 1.165) is 5.56 Å². The highest BCUT2D eigenvalue weighted by Gasteiger charge is 2.18. The van der Waals surface area contributed by atoms with Crippen molar-refractivity contribution in [2.75, 3.05) is 12.8 Å². The van der Waals surface area contributed by atoms with E-state index >= 15 is 0 Å². The number of benzene rings is 1. The molecule has 0 amide bonds. The van der Waals surface area contributed by atoms with Crippen molar-refractivity contribution in [1.82, 2.24) is 15.2 Å². The number of hydrogen-bond acceptors (Lipinski definition) is 4. The summed E-state index contributed by atoms with van der Waals surface area (Å²) in [5, 5.41) is 6.91. The summed E-state index contributed by atoms with van der Waals surface area (Å²) in [6, 6.07) is 7.99. The molecule has 5 nitrogen and oxygen atoms in total. The van der Waals surface area contributed by atoms with Crippen LogP contribution in [0.4, 0.5) is 10.2 Å². The van der Waals surface area contributed by atoms with E-state index in [-0.39, 0.29) is 5.82 Å². The van der Waals surface area contributed by atoms with Gasteiger partial charge in [0, 0.05) is 11.8 Å². The van der Waals surface area contributed by atoms with E-state index in [1.165, 1.54) is 12.1 Å². The third-order valence-corrected chi connectivity index (χ3v) is 3.18. The number of aromatic nitrogens is 3. The Bertz CT molecular complexity index is 785. The number of nitrogens with two attached hydrogens (primary N) is 1. The van der Waals surface area contributed by atoms with E-state index in [1.54, 1.807) is 37.7 Å². The van der Waals surface area contributed by atoms with Crippen LogP contribution in [0.25, 0.3) is 22.4 Å². The highest BCUT2D eigenvalue weighted by molar-refractivity contribution is 5.89. The number of ether oxygens (including phenoxy) is 1. The summed E-state index contributed by atoms with van der Waals surface area (Å²) in [5.74, 6) is 0.550. The van der Waals surface area contributed by atoms with Crippen molar-refractivity contribution in [3.8, 4) is 28.1 Å². The van der Waals surface area contributed by atoms with Gasteiger partial charge in [-0.15, -0.1) is 0 Å². The molecule has 6 heteroatoms. The molecular formula is C15H13FN4O. The third-order valence-electron chi connectivity index (χ3n) is 3.18. The molecule has 0 aliphatic carbocycles. The van der Waals surface area contributed by atoms with Gasteiger partial charge in [-0.1, -0.05) is 12.1 Å². The fraction of sp³-hybridized carbons (Fsp3) is 0.0667. The molecule has 0 atom stereocenters. The number of anilines is 1. The van der Waals surface area contributed by atoms with Gasteiger partial charge in [-0.05, 0) is 23.8 Å². The minimum Gasteiger partial charge on any atom is -0.494 e. The van der Waals surface area contributed by atoms with Crippen LogP contribution in [0.15, 0.2) is 42.7 Å². The van der Waals surface area contributed by atoms with Gasteiger partial charge in [0.05, 0.1) is 24.6 Å². The highest BCUT2D eigenvalue weighted by atomic mass is 19.1. The third kappa shape index (κ3) is 2.31. The molecule has 2 aromatic heterocycles. The van der Waals surface area contributed by atoms with Crippen molar-refractivity contribution in [3.05, 3.63) is 48.5 Å². The van der Waals surface area contributed by atoms with Crippen molar-refractivity contribution in [2.45, 2.75) is 0 Å². The molecule has 0 aliphatic heterocycles. The average molecular weight is 284 g/mol. The molecule has 2 heterocycles. The van der Waals surface area contributed by atoms with Gasteiger partial charge in [0.2, 0.25) is 0 Å². The lowest BCUT2D eigenvalue weighted by Crippen LogP contribution is -1.92. The van der Waals surface area contributed by atoms with E-state index in [2.05, 4.69) is 15.2 Å². The van der Waals surface area contributed by atoms with E-state index in [1.807, 2.05) is 0 Å². The van der Waals surface area contributed by atoms with E-state index in [4.69, 9.17) is 10.5 Å². The van der Waals surface area contributed by atoms with E-state index in [0.29, 0.717) is 28.4 Å². The van der Waals surface area contributed by atoms with Crippen LogP contribution in [0.5, 0.6) is 5.75 Å². The van der Waals surface area contributed by atoms with Crippen molar-refractivity contribution < 1.29 is 9.13 Å². The molecule has 106 valence electrons. The Labute approximate surface area is 120 Å². The normalized spacial score (nSPS) is 10.6. The zero-order valence-electron chi connectivity index (χ0n) is 11.3. The predicted octanol–water partition coefficient (Wildman–Crippen LogP) is 2.87. The molecule has 1 aromatic carbocycles. The quantitative estimate of drug-likeness (QED) is 0.775. The fourth-order valence-corrected chi connectivity index (χ4v) is 2.24. The van der Waals surface area contributed by atoms with Crippen molar-refractivity contribution >= 4 is 5.82 Å². The second-order valence-corrected chi connectivity index (χ2v) is 4.45. The molecule has 0 fully saturated rings. The number of rotatable bonds is 3. The predicted molar refractivity (Wildman–Crippen MR) is 78.2 cm³/mol. The molecule has 3 N–H and O–H groups in total. The Morgan fingerprint density at radius 1 is 1.29 bits per heavy atom. The van der Waals surface area contributed by atoms with Gasteiger partial charge in [-0.3, -0.25) is 10.1 Å². The number of nitrogen functional groups attached to an aromatic ring is 1. The second-order valence-electron chi connectivity index (χ2n) is 4.45. The molecule has 0 radical (unpaired) electrons. The smallest absolute Gasteiger partial charge is 0.153 e. The molecule has 0 unspecified atom stereocenters. The summed E-state index contributed by atoms with van der Waals surface area (Å²) >= 11 is 0. The van der Waals surface area contributed by atoms with Crippen LogP contribution < -0.4 is 10.5 Å². The zero-order chi connectivity index (χ0) is 14.8. The first-order valence-electron chi connectivity index (χ1n) is 6.29. The lowest BCUT2D eigenvalue weighted by Gasteiger charge is -2.08. The monoisotopic (exact) mass is 284 g/mol. The summed E-state index contributed by atoms with van der Waals surface area (Å²) < 4.78 is 18.8. The minimum absolute atomic E-state index is 0.300. The van der Waals surface area contributed by atoms with Gasteiger partial charge in [0.15, 0.2) is 5.82 Å². The number of pyridine rings is 1. The summed E-state index contributed by atoms with van der Waals surface area (Å²) in [7, 11) is 1.56. The highest BCUT2D eigenvalue weighted by Crippen LogP contribution is 2.38. The SMILES string of the molecule is COc1cnccc1-c1[nH]nc(N)c1-c1cccc(F)c1. The summed E-state index contributed by atoms with van der Waals surface area (Å²) in [6.07, 6.45) is 3.24. The Morgan fingerprint density at radius 2 is 2.14 bits per heavy atom. The lowest BCUT2D eigenvalue weighted by atomic mass is 10.0. The van der Waals surface area contributed by atoms with Crippen LogP contribution in [-0.4, -0.2) is 22.3 Å². The standard InChI is InChI=1S/C15H13FN4O/c1-21-12-8-18-6-5-11(12)14-13(15(17)20-19-14)9-3-2-4-10(16)7-9/h2-8H,1H3,(H3,17,19,20). The summed E-state index contributed by atoms with van der Waals surface area (Å²) in [6.45, 7) is 0. The van der Waals surface area contributed by atoms with Gasteiger partial charge >= 0.3 is 0 Å². The largest absolute Gasteiger partial charge is 0.494 e. The molecule has 21 heavy (non-hydrogen) atoms. The average Bonchev–Trinajstić information content (AvgIpc) is 2.88. The maximum Gasteiger partial charge on any atom is 0.153 e. The zero-order valence-corrected chi connectivity index (χ0v) is 11.3. The van der Waals surface area contributed by atoms with Crippen molar-refractivity contribution in [3.63, 3.8) is 0 Å². The number of aromatic amines is 1. The van der Waals surface area contributed by atoms with Crippen LogP contribution in [-0.2, 0) is 0 Å². The molecule has 3 aromatic rings. The first-order valence-corrected chi connectivity index (χ1v) is 6.29. The number of H-pyrrole nitrogens is 1. The summed E-state index contributed by atoms with van der Waals surface area (Å²) in [5.41, 5.74) is 8.64. The lowest BCUT2D eigenvalue weighted by molar-refractivity contribution is 0.414. The first kappa shape index (κ1) is 13.1. The van der Waals surface area contributed by atoms with Crippen LogP contribution in [0.2, 0.25) is 0 Å². The number of hydrogen-bond donors (Lipinski definition) is 2. The number of nitrogens with zero attached hydrogens (tertiary/aromatic N) is 2. The Kier molecular flexibility index (Phi) is 3.27. The first-order chi connectivity index (χ1) is 10.2. The maximum atomic E-state index is 13.5. The van der Waals surface area contributed by atoms with Gasteiger partial charge in [0.1, 0.15) is 11.6 Å². The molecule has 0 aliphatic rings. The van der Waals surface area contributed by atoms with Gasteiger partial charge in [-0.25, -0.2) is 4.39 Å². The summed E-state index contributed by atoms with van der Waals surface area (Å²) in [4.78, 5) is 4.01. The Balaban J connectivity index is 2.22. The molecule has 0 saturated carbocycles. The maximum absolute atomic E-state index is 13.5. The van der Waals surface area contributed by atoms with Crippen LogP contribution in [0.3, 0.4) is 0 Å².